The number of aromatic nitrogens is 1. The summed E-state index contributed by atoms with van der Waals surface area (Å²) >= 11 is 0. The molecule has 3 rings (SSSR count). The molecule has 1 aliphatic rings. The van der Waals surface area contributed by atoms with Crippen LogP contribution in [-0.4, -0.2) is 74.4 Å². The molecule has 1 saturated heterocycles. The number of anilines is 1. The molecule has 1 fully saturated rings. The number of nitrogens with zero attached hydrogens (tertiary/aromatic N) is 3. The third-order valence-electron chi connectivity index (χ3n) is 4.72. The van der Waals surface area contributed by atoms with Crippen LogP contribution in [0.15, 0.2) is 36.5 Å². The van der Waals surface area contributed by atoms with Crippen molar-refractivity contribution in [3.63, 3.8) is 0 Å². The minimum atomic E-state index is -0.172. The van der Waals surface area contributed by atoms with Gasteiger partial charge in [-0.1, -0.05) is 6.07 Å². The Bertz CT molecular complexity index is 807. The Balaban J connectivity index is 1.51. The maximum Gasteiger partial charge on any atom is 0.321 e. The summed E-state index contributed by atoms with van der Waals surface area (Å²) in [6, 6.07) is 8.98. The normalized spacial score (nSPS) is 14.3. The molecule has 0 spiro atoms. The monoisotopic (exact) mass is 400 g/mol. The highest BCUT2D eigenvalue weighted by Crippen LogP contribution is 2.31. The standard InChI is InChI=1S/C21H28N4O4/c1-16-4-6-18(19(14-16)27-3)29-20-7-5-17(15-22-20)23-21(26)24(2)8-9-25-10-12-28-13-11-25/h4-7,14-15H,8-13H2,1-3H3,(H,23,26). The van der Waals surface area contributed by atoms with Gasteiger partial charge in [0.15, 0.2) is 11.5 Å². The highest BCUT2D eigenvalue weighted by Gasteiger charge is 2.14. The molecule has 1 N–H and O–H groups in total. The van der Waals surface area contributed by atoms with E-state index in [1.807, 2.05) is 25.1 Å². The lowest BCUT2D eigenvalue weighted by Crippen LogP contribution is -2.42. The molecule has 2 heterocycles. The second kappa shape index (κ2) is 10.1. The van der Waals surface area contributed by atoms with Gasteiger partial charge >= 0.3 is 6.03 Å². The van der Waals surface area contributed by atoms with E-state index in [-0.39, 0.29) is 6.03 Å². The smallest absolute Gasteiger partial charge is 0.321 e. The average Bonchev–Trinajstić information content (AvgIpc) is 2.75. The van der Waals surface area contributed by atoms with Crippen molar-refractivity contribution in [3.05, 3.63) is 42.1 Å². The minimum absolute atomic E-state index is 0.172. The SMILES string of the molecule is COc1cc(C)ccc1Oc1ccc(NC(=O)N(C)CCN2CCOCC2)cn1. The van der Waals surface area contributed by atoms with E-state index in [1.165, 1.54) is 0 Å². The molecule has 0 radical (unpaired) electrons. The largest absolute Gasteiger partial charge is 0.493 e. The number of nitrogens with one attached hydrogen (secondary N) is 1. The minimum Gasteiger partial charge on any atom is -0.493 e. The number of benzene rings is 1. The van der Waals surface area contributed by atoms with Crippen LogP contribution in [0, 0.1) is 6.92 Å². The van der Waals surface area contributed by atoms with Gasteiger partial charge in [0, 0.05) is 39.3 Å². The summed E-state index contributed by atoms with van der Waals surface area (Å²) in [5, 5.41) is 2.85. The van der Waals surface area contributed by atoms with Gasteiger partial charge in [-0.3, -0.25) is 4.90 Å². The van der Waals surface area contributed by atoms with Gasteiger partial charge in [0.25, 0.3) is 0 Å². The molecule has 156 valence electrons. The lowest BCUT2D eigenvalue weighted by molar-refractivity contribution is 0.0359. The van der Waals surface area contributed by atoms with Gasteiger partial charge in [-0.25, -0.2) is 9.78 Å². The Kier molecular flexibility index (Phi) is 7.26. The summed E-state index contributed by atoms with van der Waals surface area (Å²) in [6.07, 6.45) is 1.57. The fraction of sp³-hybridized carbons (Fsp3) is 0.429. The topological polar surface area (TPSA) is 76.2 Å². The number of methoxy groups -OCH3 is 1. The number of carbonyl (C=O) groups excluding carboxylic acids is 1. The van der Waals surface area contributed by atoms with E-state index < -0.39 is 0 Å². The Morgan fingerprint density at radius 1 is 1.24 bits per heavy atom. The van der Waals surface area contributed by atoms with E-state index in [9.17, 15) is 4.79 Å². The summed E-state index contributed by atoms with van der Waals surface area (Å²) in [4.78, 5) is 20.6. The van der Waals surface area contributed by atoms with Crippen LogP contribution in [0.4, 0.5) is 10.5 Å². The molecule has 2 aromatic rings. The summed E-state index contributed by atoms with van der Waals surface area (Å²) in [5.41, 5.74) is 1.69. The van der Waals surface area contributed by atoms with Crippen LogP contribution < -0.4 is 14.8 Å². The first kappa shape index (κ1) is 20.9. The van der Waals surface area contributed by atoms with Crippen LogP contribution in [0.1, 0.15) is 5.56 Å². The van der Waals surface area contributed by atoms with Crippen molar-refractivity contribution in [1.29, 1.82) is 0 Å². The lowest BCUT2D eigenvalue weighted by Gasteiger charge is -2.28. The summed E-state index contributed by atoms with van der Waals surface area (Å²) in [6.45, 7) is 6.79. The van der Waals surface area contributed by atoms with Crippen molar-refractivity contribution in [2.75, 3.05) is 58.9 Å². The van der Waals surface area contributed by atoms with Gasteiger partial charge in [0.05, 0.1) is 32.2 Å². The maximum absolute atomic E-state index is 12.4. The summed E-state index contributed by atoms with van der Waals surface area (Å²) < 4.78 is 16.5. The molecule has 0 aliphatic carbocycles. The molecular weight excluding hydrogens is 372 g/mol. The van der Waals surface area contributed by atoms with E-state index in [2.05, 4.69) is 15.2 Å². The Morgan fingerprint density at radius 3 is 2.72 bits per heavy atom. The number of aryl methyl sites for hydroxylation is 1. The Labute approximate surface area is 171 Å². The summed E-state index contributed by atoms with van der Waals surface area (Å²) in [5.74, 6) is 1.65. The van der Waals surface area contributed by atoms with Gasteiger partial charge in [-0.2, -0.15) is 0 Å². The fourth-order valence-electron chi connectivity index (χ4n) is 2.92. The Morgan fingerprint density at radius 2 is 2.03 bits per heavy atom. The second-order valence-electron chi connectivity index (χ2n) is 6.95. The van der Waals surface area contributed by atoms with E-state index in [0.717, 1.165) is 38.4 Å². The van der Waals surface area contributed by atoms with E-state index in [0.29, 0.717) is 29.6 Å². The van der Waals surface area contributed by atoms with Crippen molar-refractivity contribution >= 4 is 11.7 Å². The zero-order valence-electron chi connectivity index (χ0n) is 17.2. The van der Waals surface area contributed by atoms with Crippen molar-refractivity contribution < 1.29 is 19.0 Å². The number of amides is 2. The number of pyridine rings is 1. The van der Waals surface area contributed by atoms with E-state index in [4.69, 9.17) is 14.2 Å². The highest BCUT2D eigenvalue weighted by molar-refractivity contribution is 5.88. The number of hydrogen-bond donors (Lipinski definition) is 1. The molecule has 0 bridgehead atoms. The first-order valence-corrected chi connectivity index (χ1v) is 9.66. The molecule has 0 saturated carbocycles. The fourth-order valence-corrected chi connectivity index (χ4v) is 2.92. The molecule has 8 heteroatoms. The number of carbonyl (C=O) groups is 1. The number of morpholine rings is 1. The van der Waals surface area contributed by atoms with E-state index in [1.54, 1.807) is 37.4 Å². The molecule has 1 aliphatic heterocycles. The van der Waals surface area contributed by atoms with Gasteiger partial charge in [-0.15, -0.1) is 0 Å². The number of likely N-dealkylation sites (N-methyl/N-ethyl adjacent to an activating group) is 1. The highest BCUT2D eigenvalue weighted by atomic mass is 16.5. The van der Waals surface area contributed by atoms with Gasteiger partial charge < -0.3 is 24.4 Å². The van der Waals surface area contributed by atoms with E-state index >= 15 is 0 Å². The van der Waals surface area contributed by atoms with Crippen LogP contribution in [0.2, 0.25) is 0 Å². The molecule has 1 aromatic heterocycles. The first-order valence-electron chi connectivity index (χ1n) is 9.66. The third-order valence-corrected chi connectivity index (χ3v) is 4.72. The van der Waals surface area contributed by atoms with Gasteiger partial charge in [-0.05, 0) is 30.7 Å². The molecular formula is C21H28N4O4. The first-order chi connectivity index (χ1) is 14.0. The van der Waals surface area contributed by atoms with Crippen LogP contribution >= 0.6 is 0 Å². The zero-order chi connectivity index (χ0) is 20.6. The van der Waals surface area contributed by atoms with Crippen molar-refractivity contribution in [3.8, 4) is 17.4 Å². The molecule has 2 amide bonds. The van der Waals surface area contributed by atoms with Gasteiger partial charge in [0.1, 0.15) is 0 Å². The Hall–Kier alpha value is -2.84. The predicted molar refractivity (Wildman–Crippen MR) is 111 cm³/mol. The quantitative estimate of drug-likeness (QED) is 0.770. The summed E-state index contributed by atoms with van der Waals surface area (Å²) in [7, 11) is 3.38. The third kappa shape index (κ3) is 6.07. The molecule has 0 atom stereocenters. The van der Waals surface area contributed by atoms with Crippen LogP contribution in [0.5, 0.6) is 17.4 Å². The van der Waals surface area contributed by atoms with Crippen molar-refractivity contribution in [2.45, 2.75) is 6.92 Å². The number of rotatable bonds is 7. The molecule has 29 heavy (non-hydrogen) atoms. The van der Waals surface area contributed by atoms with Crippen molar-refractivity contribution in [2.24, 2.45) is 0 Å². The van der Waals surface area contributed by atoms with Crippen molar-refractivity contribution in [1.82, 2.24) is 14.8 Å². The maximum atomic E-state index is 12.4. The van der Waals surface area contributed by atoms with Gasteiger partial charge in [0.2, 0.25) is 5.88 Å². The molecule has 1 aromatic carbocycles. The number of hydrogen-bond acceptors (Lipinski definition) is 6. The predicted octanol–water partition coefficient (Wildman–Crippen LogP) is 2.99. The second-order valence-corrected chi connectivity index (χ2v) is 6.95. The van der Waals surface area contributed by atoms with Crippen LogP contribution in [0.3, 0.4) is 0 Å². The molecule has 8 nitrogen and oxygen atoms in total. The zero-order valence-corrected chi connectivity index (χ0v) is 17.2. The number of ether oxygens (including phenoxy) is 3. The van der Waals surface area contributed by atoms with Crippen LogP contribution in [-0.2, 0) is 4.74 Å². The number of urea groups is 1. The average molecular weight is 400 g/mol. The molecule has 0 unspecified atom stereocenters. The lowest BCUT2D eigenvalue weighted by atomic mass is 10.2. The van der Waals surface area contributed by atoms with Crippen LogP contribution in [0.25, 0.3) is 0 Å².